The summed E-state index contributed by atoms with van der Waals surface area (Å²) in [6.45, 7) is 3.63. The Kier molecular flexibility index (Phi) is 8.50. The molecule has 0 spiro atoms. The molecular weight excluding hydrogens is 312 g/mol. The first-order chi connectivity index (χ1) is 12.2. The Morgan fingerprint density at radius 2 is 1.44 bits per heavy atom. The third kappa shape index (κ3) is 6.89. The number of carbonyl (C=O) groups excluding carboxylic acids is 2. The molecule has 0 atom stereocenters. The number of benzene rings is 1. The number of amides is 2. The Hall–Kier alpha value is -1.84. The van der Waals surface area contributed by atoms with E-state index in [-0.39, 0.29) is 23.7 Å². The van der Waals surface area contributed by atoms with Crippen molar-refractivity contribution in [2.75, 3.05) is 13.1 Å². The third-order valence-corrected chi connectivity index (χ3v) is 5.10. The molecule has 0 aromatic heterocycles. The summed E-state index contributed by atoms with van der Waals surface area (Å²) < 4.78 is 0. The van der Waals surface area contributed by atoms with Gasteiger partial charge in [-0.2, -0.15) is 0 Å². The lowest BCUT2D eigenvalue weighted by Gasteiger charge is -2.27. The fraction of sp³-hybridized carbons (Fsp3) is 0.619. The zero-order chi connectivity index (χ0) is 17.9. The van der Waals surface area contributed by atoms with Crippen molar-refractivity contribution in [2.24, 2.45) is 11.8 Å². The van der Waals surface area contributed by atoms with Gasteiger partial charge >= 0.3 is 0 Å². The van der Waals surface area contributed by atoms with Crippen molar-refractivity contribution in [1.82, 2.24) is 10.6 Å². The number of carbonyl (C=O) groups is 2. The molecule has 0 heterocycles. The van der Waals surface area contributed by atoms with E-state index in [1.165, 1.54) is 12.0 Å². The lowest BCUT2D eigenvalue weighted by molar-refractivity contribution is -0.130. The first-order valence-corrected chi connectivity index (χ1v) is 9.80. The SMILES string of the molecule is CCCCCNC(=O)C1CCC(C(=O)NCCc2ccccc2)CC1. The molecule has 0 aliphatic heterocycles. The van der Waals surface area contributed by atoms with Gasteiger partial charge in [0.05, 0.1) is 0 Å². The minimum absolute atomic E-state index is 0.0694. The van der Waals surface area contributed by atoms with Gasteiger partial charge in [-0.25, -0.2) is 0 Å². The van der Waals surface area contributed by atoms with Gasteiger partial charge in [-0.15, -0.1) is 0 Å². The van der Waals surface area contributed by atoms with E-state index in [4.69, 9.17) is 0 Å². The summed E-state index contributed by atoms with van der Waals surface area (Å²) in [6.07, 6.45) is 7.56. The molecule has 2 N–H and O–H groups in total. The smallest absolute Gasteiger partial charge is 0.223 e. The second kappa shape index (κ2) is 10.9. The second-order valence-corrected chi connectivity index (χ2v) is 7.07. The van der Waals surface area contributed by atoms with E-state index < -0.39 is 0 Å². The second-order valence-electron chi connectivity index (χ2n) is 7.07. The highest BCUT2D eigenvalue weighted by atomic mass is 16.2. The molecule has 1 saturated carbocycles. The Labute approximate surface area is 151 Å². The lowest BCUT2D eigenvalue weighted by atomic mass is 9.81. The van der Waals surface area contributed by atoms with E-state index in [0.29, 0.717) is 6.54 Å². The Bertz CT molecular complexity index is 522. The highest BCUT2D eigenvalue weighted by Gasteiger charge is 2.29. The van der Waals surface area contributed by atoms with Gasteiger partial charge in [0.1, 0.15) is 0 Å². The molecule has 2 rings (SSSR count). The van der Waals surface area contributed by atoms with Crippen molar-refractivity contribution in [1.29, 1.82) is 0 Å². The quantitative estimate of drug-likeness (QED) is 0.674. The minimum atomic E-state index is 0.0694. The number of nitrogens with one attached hydrogen (secondary N) is 2. The number of hydrogen-bond acceptors (Lipinski definition) is 2. The summed E-state index contributed by atoms with van der Waals surface area (Å²) in [5, 5.41) is 6.10. The largest absolute Gasteiger partial charge is 0.356 e. The molecule has 25 heavy (non-hydrogen) atoms. The van der Waals surface area contributed by atoms with E-state index in [1.807, 2.05) is 18.2 Å². The van der Waals surface area contributed by atoms with E-state index in [2.05, 4.69) is 29.7 Å². The average Bonchev–Trinajstić information content (AvgIpc) is 2.66. The lowest BCUT2D eigenvalue weighted by Crippen LogP contribution is -2.38. The fourth-order valence-corrected chi connectivity index (χ4v) is 3.47. The molecule has 1 aliphatic carbocycles. The molecule has 1 aromatic carbocycles. The van der Waals surface area contributed by atoms with E-state index in [9.17, 15) is 9.59 Å². The maximum Gasteiger partial charge on any atom is 0.223 e. The Balaban J connectivity index is 1.62. The van der Waals surface area contributed by atoms with Gasteiger partial charge in [0.15, 0.2) is 0 Å². The molecule has 4 heteroatoms. The summed E-state index contributed by atoms with van der Waals surface area (Å²) >= 11 is 0. The van der Waals surface area contributed by atoms with Crippen molar-refractivity contribution in [3.63, 3.8) is 0 Å². The predicted octanol–water partition coefficient (Wildman–Crippen LogP) is 3.46. The van der Waals surface area contributed by atoms with Crippen LogP contribution in [0.5, 0.6) is 0 Å². The van der Waals surface area contributed by atoms with E-state index >= 15 is 0 Å². The van der Waals surface area contributed by atoms with Crippen molar-refractivity contribution >= 4 is 11.8 Å². The zero-order valence-corrected chi connectivity index (χ0v) is 15.4. The Morgan fingerprint density at radius 1 is 0.880 bits per heavy atom. The standard InChI is InChI=1S/C21H32N2O2/c1-2-3-7-15-22-20(24)18-10-12-19(13-11-18)21(25)23-16-14-17-8-5-4-6-9-17/h4-6,8-9,18-19H,2-3,7,10-16H2,1H3,(H,22,24)(H,23,25). The molecule has 1 fully saturated rings. The number of unbranched alkanes of at least 4 members (excludes halogenated alkanes) is 2. The van der Waals surface area contributed by atoms with Crippen LogP contribution in [0, 0.1) is 11.8 Å². The molecule has 0 unspecified atom stereocenters. The predicted molar refractivity (Wildman–Crippen MR) is 101 cm³/mol. The van der Waals surface area contributed by atoms with Gasteiger partial charge in [0.25, 0.3) is 0 Å². The van der Waals surface area contributed by atoms with Crippen LogP contribution in [0.15, 0.2) is 30.3 Å². The van der Waals surface area contributed by atoms with Crippen molar-refractivity contribution in [3.8, 4) is 0 Å². The monoisotopic (exact) mass is 344 g/mol. The molecular formula is C21H32N2O2. The van der Waals surface area contributed by atoms with E-state index in [0.717, 1.165) is 51.5 Å². The van der Waals surface area contributed by atoms with Gasteiger partial charge in [0.2, 0.25) is 11.8 Å². The third-order valence-electron chi connectivity index (χ3n) is 5.10. The topological polar surface area (TPSA) is 58.2 Å². The molecule has 0 bridgehead atoms. The van der Waals surface area contributed by atoms with Crippen molar-refractivity contribution in [3.05, 3.63) is 35.9 Å². The summed E-state index contributed by atoms with van der Waals surface area (Å²) in [5.74, 6) is 0.492. The molecule has 1 aliphatic rings. The Morgan fingerprint density at radius 3 is 2.00 bits per heavy atom. The summed E-state index contributed by atoms with van der Waals surface area (Å²) in [5.41, 5.74) is 1.24. The normalized spacial score (nSPS) is 20.0. The molecule has 1 aromatic rings. The zero-order valence-electron chi connectivity index (χ0n) is 15.4. The van der Waals surface area contributed by atoms with Gasteiger partial charge < -0.3 is 10.6 Å². The molecule has 2 amide bonds. The summed E-state index contributed by atoms with van der Waals surface area (Å²) in [6, 6.07) is 10.2. The minimum Gasteiger partial charge on any atom is -0.356 e. The van der Waals surface area contributed by atoms with Crippen molar-refractivity contribution in [2.45, 2.75) is 58.3 Å². The highest BCUT2D eigenvalue weighted by molar-refractivity contribution is 5.81. The van der Waals surface area contributed by atoms with Crippen LogP contribution in [0.4, 0.5) is 0 Å². The van der Waals surface area contributed by atoms with Crippen LogP contribution >= 0.6 is 0 Å². The number of hydrogen-bond donors (Lipinski definition) is 2. The average molecular weight is 344 g/mol. The van der Waals surface area contributed by atoms with Crippen LogP contribution in [0.1, 0.15) is 57.4 Å². The molecule has 0 saturated heterocycles. The van der Waals surface area contributed by atoms with Gasteiger partial charge in [0, 0.05) is 24.9 Å². The molecule has 0 radical (unpaired) electrons. The van der Waals surface area contributed by atoms with Crippen LogP contribution in [0.3, 0.4) is 0 Å². The van der Waals surface area contributed by atoms with Gasteiger partial charge in [-0.3, -0.25) is 9.59 Å². The van der Waals surface area contributed by atoms with E-state index in [1.54, 1.807) is 0 Å². The first kappa shape index (κ1) is 19.5. The maximum atomic E-state index is 12.3. The van der Waals surface area contributed by atoms with Crippen LogP contribution in [-0.4, -0.2) is 24.9 Å². The first-order valence-electron chi connectivity index (χ1n) is 9.80. The van der Waals surface area contributed by atoms with Crippen LogP contribution in [0.25, 0.3) is 0 Å². The summed E-state index contributed by atoms with van der Waals surface area (Å²) in [4.78, 5) is 24.5. The molecule has 4 nitrogen and oxygen atoms in total. The van der Waals surface area contributed by atoms with Gasteiger partial charge in [-0.1, -0.05) is 50.1 Å². The van der Waals surface area contributed by atoms with Crippen LogP contribution < -0.4 is 10.6 Å². The molecule has 138 valence electrons. The van der Waals surface area contributed by atoms with Crippen LogP contribution in [0.2, 0.25) is 0 Å². The van der Waals surface area contributed by atoms with Gasteiger partial charge in [-0.05, 0) is 44.1 Å². The van der Waals surface area contributed by atoms with Crippen molar-refractivity contribution < 1.29 is 9.59 Å². The summed E-state index contributed by atoms with van der Waals surface area (Å²) in [7, 11) is 0. The van der Waals surface area contributed by atoms with Crippen LogP contribution in [-0.2, 0) is 16.0 Å². The maximum absolute atomic E-state index is 12.3. The fourth-order valence-electron chi connectivity index (χ4n) is 3.47. The highest BCUT2D eigenvalue weighted by Crippen LogP contribution is 2.29. The number of rotatable bonds is 9.